The Kier molecular flexibility index (Phi) is 3.41. The van der Waals surface area contributed by atoms with Gasteiger partial charge < -0.3 is 4.57 Å². The maximum absolute atomic E-state index is 9.23. The Morgan fingerprint density at radius 2 is 2.41 bits per heavy atom. The highest BCUT2D eigenvalue weighted by Crippen LogP contribution is 2.13. The number of nitriles is 1. The fourth-order valence-electron chi connectivity index (χ4n) is 2.22. The number of hydrogen-bond donors (Lipinski definition) is 1. The second-order valence-corrected chi connectivity index (χ2v) is 4.63. The molecule has 6 heteroatoms. The maximum Gasteiger partial charge on any atom is 0.147 e. The Labute approximate surface area is 101 Å². The van der Waals surface area contributed by atoms with Gasteiger partial charge in [-0.2, -0.15) is 5.26 Å². The first-order valence-corrected chi connectivity index (χ1v) is 5.92. The third kappa shape index (κ3) is 2.62. The average molecular weight is 234 g/mol. The molecule has 1 N–H and O–H groups in total. The number of rotatable bonds is 4. The molecule has 0 aromatic carbocycles. The summed E-state index contributed by atoms with van der Waals surface area (Å²) < 4.78 is 2.06. The summed E-state index contributed by atoms with van der Waals surface area (Å²) >= 11 is 0. The summed E-state index contributed by atoms with van der Waals surface area (Å²) in [5.74, 6) is 0.980. The summed E-state index contributed by atoms with van der Waals surface area (Å²) in [6.07, 6.45) is 1.76. The minimum Gasteiger partial charge on any atom is -0.315 e. The van der Waals surface area contributed by atoms with Crippen molar-refractivity contribution in [3.8, 4) is 6.07 Å². The molecule has 0 saturated heterocycles. The summed E-state index contributed by atoms with van der Waals surface area (Å²) in [6, 6.07) is 2.35. The van der Waals surface area contributed by atoms with E-state index < -0.39 is 5.54 Å². The van der Waals surface area contributed by atoms with Gasteiger partial charge in [0, 0.05) is 19.6 Å². The monoisotopic (exact) mass is 234 g/mol. The minimum absolute atomic E-state index is 0.489. The molecule has 1 aromatic rings. The van der Waals surface area contributed by atoms with Crippen molar-refractivity contribution in [2.24, 2.45) is 0 Å². The Morgan fingerprint density at radius 1 is 1.59 bits per heavy atom. The van der Waals surface area contributed by atoms with Crippen LogP contribution in [0.4, 0.5) is 0 Å². The topological polar surface area (TPSA) is 69.8 Å². The van der Waals surface area contributed by atoms with Crippen molar-refractivity contribution in [1.29, 1.82) is 5.26 Å². The molecule has 1 aliphatic rings. The van der Waals surface area contributed by atoms with Crippen molar-refractivity contribution >= 4 is 0 Å². The van der Waals surface area contributed by atoms with Crippen LogP contribution in [-0.2, 0) is 13.1 Å². The predicted molar refractivity (Wildman–Crippen MR) is 63.0 cm³/mol. The van der Waals surface area contributed by atoms with E-state index >= 15 is 0 Å². The molecule has 0 saturated carbocycles. The molecule has 6 nitrogen and oxygen atoms in total. The van der Waals surface area contributed by atoms with E-state index in [1.54, 1.807) is 6.33 Å². The SMILES string of the molecule is CCNC(C)(C#N)CN1CCn2cnnc2C1. The molecule has 0 spiro atoms. The molecule has 17 heavy (non-hydrogen) atoms. The molecule has 1 aromatic heterocycles. The van der Waals surface area contributed by atoms with Gasteiger partial charge in [0.05, 0.1) is 12.6 Å². The van der Waals surface area contributed by atoms with Crippen molar-refractivity contribution < 1.29 is 0 Å². The lowest BCUT2D eigenvalue weighted by Crippen LogP contribution is -2.51. The van der Waals surface area contributed by atoms with E-state index in [1.807, 2.05) is 13.8 Å². The Bertz CT molecular complexity index is 420. The van der Waals surface area contributed by atoms with Gasteiger partial charge in [0.25, 0.3) is 0 Å². The summed E-state index contributed by atoms with van der Waals surface area (Å²) in [6.45, 7) is 8.07. The fourth-order valence-corrected chi connectivity index (χ4v) is 2.22. The van der Waals surface area contributed by atoms with Gasteiger partial charge in [-0.15, -0.1) is 10.2 Å². The maximum atomic E-state index is 9.23. The van der Waals surface area contributed by atoms with E-state index in [-0.39, 0.29) is 0 Å². The van der Waals surface area contributed by atoms with Crippen molar-refractivity contribution in [3.63, 3.8) is 0 Å². The van der Waals surface area contributed by atoms with E-state index in [0.29, 0.717) is 6.54 Å². The Hall–Kier alpha value is -1.45. The third-order valence-electron chi connectivity index (χ3n) is 3.07. The summed E-state index contributed by atoms with van der Waals surface area (Å²) in [5, 5.41) is 20.4. The van der Waals surface area contributed by atoms with Crippen LogP contribution in [0.1, 0.15) is 19.7 Å². The number of hydrogen-bond acceptors (Lipinski definition) is 5. The molecule has 0 bridgehead atoms. The first kappa shape index (κ1) is 12.0. The second kappa shape index (κ2) is 4.82. The lowest BCUT2D eigenvalue weighted by molar-refractivity contribution is 0.179. The quantitative estimate of drug-likeness (QED) is 0.793. The van der Waals surface area contributed by atoms with E-state index in [1.165, 1.54) is 0 Å². The van der Waals surface area contributed by atoms with Crippen LogP contribution in [0.15, 0.2) is 6.33 Å². The average Bonchev–Trinajstić information content (AvgIpc) is 2.76. The first-order chi connectivity index (χ1) is 8.17. The van der Waals surface area contributed by atoms with Gasteiger partial charge in [-0.3, -0.25) is 10.2 Å². The molecule has 0 aliphatic carbocycles. The molecule has 1 atom stereocenters. The molecular weight excluding hydrogens is 216 g/mol. The predicted octanol–water partition coefficient (Wildman–Crippen LogP) is -0.0145. The van der Waals surface area contributed by atoms with Gasteiger partial charge in [-0.25, -0.2) is 0 Å². The van der Waals surface area contributed by atoms with Gasteiger partial charge in [0.15, 0.2) is 0 Å². The highest BCUT2D eigenvalue weighted by atomic mass is 15.3. The molecule has 1 aliphatic heterocycles. The summed E-state index contributed by atoms with van der Waals surface area (Å²) in [4.78, 5) is 2.25. The number of nitrogens with one attached hydrogen (secondary N) is 1. The summed E-state index contributed by atoms with van der Waals surface area (Å²) in [5.41, 5.74) is -0.489. The van der Waals surface area contributed by atoms with Crippen LogP contribution in [0.25, 0.3) is 0 Å². The lowest BCUT2D eigenvalue weighted by atomic mass is 10.0. The van der Waals surface area contributed by atoms with Gasteiger partial charge in [-0.05, 0) is 13.5 Å². The van der Waals surface area contributed by atoms with Crippen molar-refractivity contribution in [3.05, 3.63) is 12.2 Å². The normalized spacial score (nSPS) is 19.4. The molecular formula is C11H18N6. The van der Waals surface area contributed by atoms with Crippen LogP contribution < -0.4 is 5.32 Å². The summed E-state index contributed by atoms with van der Waals surface area (Å²) in [7, 11) is 0. The second-order valence-electron chi connectivity index (χ2n) is 4.63. The molecule has 1 unspecified atom stereocenters. The van der Waals surface area contributed by atoms with Crippen LogP contribution in [0.2, 0.25) is 0 Å². The highest BCUT2D eigenvalue weighted by molar-refractivity contribution is 5.06. The van der Waals surface area contributed by atoms with Gasteiger partial charge in [-0.1, -0.05) is 6.92 Å². The fraction of sp³-hybridized carbons (Fsp3) is 0.727. The van der Waals surface area contributed by atoms with E-state index in [9.17, 15) is 5.26 Å². The smallest absolute Gasteiger partial charge is 0.147 e. The first-order valence-electron chi connectivity index (χ1n) is 5.92. The van der Waals surface area contributed by atoms with Crippen molar-refractivity contribution in [2.45, 2.75) is 32.5 Å². The number of nitrogens with zero attached hydrogens (tertiary/aromatic N) is 5. The third-order valence-corrected chi connectivity index (χ3v) is 3.07. The molecule has 2 heterocycles. The van der Waals surface area contributed by atoms with Crippen LogP contribution in [-0.4, -0.2) is 44.8 Å². The van der Waals surface area contributed by atoms with Crippen LogP contribution >= 0.6 is 0 Å². The molecule has 0 radical (unpaired) electrons. The lowest BCUT2D eigenvalue weighted by Gasteiger charge is -2.33. The number of likely N-dealkylation sites (N-methyl/N-ethyl adjacent to an activating group) is 1. The van der Waals surface area contributed by atoms with E-state index in [2.05, 4.69) is 31.1 Å². The number of aromatic nitrogens is 3. The Balaban J connectivity index is 2.00. The van der Waals surface area contributed by atoms with Gasteiger partial charge in [0.1, 0.15) is 17.7 Å². The van der Waals surface area contributed by atoms with Crippen molar-refractivity contribution in [1.82, 2.24) is 25.0 Å². The molecule has 92 valence electrons. The molecule has 0 fully saturated rings. The molecule has 2 rings (SSSR count). The van der Waals surface area contributed by atoms with Crippen LogP contribution in [0, 0.1) is 11.3 Å². The van der Waals surface area contributed by atoms with Gasteiger partial charge >= 0.3 is 0 Å². The zero-order valence-corrected chi connectivity index (χ0v) is 10.3. The minimum atomic E-state index is -0.489. The zero-order chi connectivity index (χ0) is 12.3. The van der Waals surface area contributed by atoms with Crippen molar-refractivity contribution in [2.75, 3.05) is 19.6 Å². The highest BCUT2D eigenvalue weighted by Gasteiger charge is 2.28. The van der Waals surface area contributed by atoms with Crippen LogP contribution in [0.3, 0.4) is 0 Å². The largest absolute Gasteiger partial charge is 0.315 e. The number of fused-ring (bicyclic) bond motifs is 1. The Morgan fingerprint density at radius 3 is 3.12 bits per heavy atom. The van der Waals surface area contributed by atoms with Crippen LogP contribution in [0.5, 0.6) is 0 Å². The zero-order valence-electron chi connectivity index (χ0n) is 10.3. The van der Waals surface area contributed by atoms with Gasteiger partial charge in [0.2, 0.25) is 0 Å². The van der Waals surface area contributed by atoms with E-state index in [4.69, 9.17) is 0 Å². The van der Waals surface area contributed by atoms with E-state index in [0.717, 1.165) is 32.0 Å². The molecule has 0 amide bonds. The standard InChI is InChI=1S/C11H18N6/c1-3-13-11(2,7-12)8-16-4-5-17-9-14-15-10(17)6-16/h9,13H,3-6,8H2,1-2H3.